The fraction of sp³-hybridized carbons (Fsp3) is 0.167. The summed E-state index contributed by atoms with van der Waals surface area (Å²) in [4.78, 5) is 24.9. The summed E-state index contributed by atoms with van der Waals surface area (Å²) in [5.74, 6) is -0.684. The molecule has 0 fully saturated rings. The number of carbonyl (C=O) groups is 2. The highest BCUT2D eigenvalue weighted by Gasteiger charge is 2.40. The minimum absolute atomic E-state index is 0.0346. The third kappa shape index (κ3) is 2.23. The van der Waals surface area contributed by atoms with Gasteiger partial charge >= 0.3 is 5.97 Å². The van der Waals surface area contributed by atoms with Crippen molar-refractivity contribution in [3.8, 4) is 5.75 Å². The second-order valence-electron chi connectivity index (χ2n) is 5.83. The average molecular weight is 355 g/mol. The maximum absolute atomic E-state index is 13.0. The molecule has 1 heterocycles. The minimum Gasteiger partial charge on any atom is -0.426 e. The van der Waals surface area contributed by atoms with Gasteiger partial charge < -0.3 is 4.74 Å². The van der Waals surface area contributed by atoms with Crippen molar-refractivity contribution in [1.29, 1.82) is 0 Å². The third-order valence-corrected chi connectivity index (χ3v) is 5.50. The van der Waals surface area contributed by atoms with Crippen LogP contribution in [-0.4, -0.2) is 25.9 Å². The van der Waals surface area contributed by atoms with Gasteiger partial charge in [-0.15, -0.1) is 0 Å². The molecule has 4 rings (SSSR count). The first-order valence-corrected chi connectivity index (χ1v) is 9.25. The van der Waals surface area contributed by atoms with Crippen LogP contribution < -0.4 is 4.74 Å². The van der Waals surface area contributed by atoms with E-state index in [9.17, 15) is 18.0 Å². The predicted molar refractivity (Wildman–Crippen MR) is 89.7 cm³/mol. The van der Waals surface area contributed by atoms with Gasteiger partial charge in [-0.05, 0) is 18.6 Å². The van der Waals surface area contributed by atoms with Gasteiger partial charge in [0.25, 0.3) is 10.0 Å². The van der Waals surface area contributed by atoms with Crippen molar-refractivity contribution in [2.75, 3.05) is 0 Å². The Morgan fingerprint density at radius 1 is 1.08 bits per heavy atom. The third-order valence-electron chi connectivity index (χ3n) is 4.18. The monoisotopic (exact) mass is 355 g/mol. The lowest BCUT2D eigenvalue weighted by Gasteiger charge is -2.20. The Morgan fingerprint density at radius 2 is 1.80 bits per heavy atom. The fourth-order valence-electron chi connectivity index (χ4n) is 3.14. The van der Waals surface area contributed by atoms with Crippen molar-refractivity contribution >= 4 is 27.5 Å². The van der Waals surface area contributed by atoms with Crippen molar-refractivity contribution in [3.05, 3.63) is 58.7 Å². The van der Waals surface area contributed by atoms with E-state index in [2.05, 4.69) is 4.40 Å². The first-order chi connectivity index (χ1) is 11.9. The van der Waals surface area contributed by atoms with Crippen LogP contribution in [0.3, 0.4) is 0 Å². The summed E-state index contributed by atoms with van der Waals surface area (Å²) in [7, 11) is -3.83. The van der Waals surface area contributed by atoms with Crippen molar-refractivity contribution < 1.29 is 22.7 Å². The van der Waals surface area contributed by atoms with E-state index in [1.54, 1.807) is 18.2 Å². The zero-order valence-corrected chi connectivity index (χ0v) is 14.1. The van der Waals surface area contributed by atoms with E-state index in [1.165, 1.54) is 18.2 Å². The Bertz CT molecular complexity index is 1080. The number of fused-ring (bicyclic) bond motifs is 2. The average Bonchev–Trinajstić information content (AvgIpc) is 2.85. The van der Waals surface area contributed by atoms with Crippen molar-refractivity contribution in [2.24, 2.45) is 4.40 Å². The van der Waals surface area contributed by atoms with E-state index in [0.29, 0.717) is 17.5 Å². The summed E-state index contributed by atoms with van der Waals surface area (Å²) >= 11 is 0. The maximum Gasteiger partial charge on any atom is 0.311 e. The minimum atomic E-state index is -3.83. The van der Waals surface area contributed by atoms with Crippen LogP contribution in [0.25, 0.3) is 0 Å². The van der Waals surface area contributed by atoms with Gasteiger partial charge in [-0.1, -0.05) is 31.2 Å². The molecule has 0 radical (unpaired) electrons. The fourth-order valence-corrected chi connectivity index (χ4v) is 4.38. The lowest BCUT2D eigenvalue weighted by molar-refractivity contribution is -0.134. The number of benzene rings is 2. The van der Waals surface area contributed by atoms with E-state index in [-0.39, 0.29) is 39.7 Å². The zero-order chi connectivity index (χ0) is 17.8. The van der Waals surface area contributed by atoms with E-state index in [0.717, 1.165) is 0 Å². The first kappa shape index (κ1) is 15.7. The quantitative estimate of drug-likeness (QED) is 0.532. The lowest BCUT2D eigenvalue weighted by Crippen LogP contribution is -2.22. The van der Waals surface area contributed by atoms with Crippen LogP contribution in [0, 0.1) is 0 Å². The number of hydrogen-bond acceptors (Lipinski definition) is 5. The summed E-state index contributed by atoms with van der Waals surface area (Å²) in [6.45, 7) is 1.85. The van der Waals surface area contributed by atoms with Crippen LogP contribution in [0.1, 0.15) is 46.8 Å². The van der Waals surface area contributed by atoms with Crippen molar-refractivity contribution in [1.82, 2.24) is 0 Å². The molecule has 0 spiro atoms. The molecule has 7 heteroatoms. The number of ketones is 1. The summed E-state index contributed by atoms with van der Waals surface area (Å²) in [6.07, 6.45) is 0.854. The normalized spacial score (nSPS) is 16.0. The Kier molecular flexibility index (Phi) is 3.36. The highest BCUT2D eigenvalue weighted by Crippen LogP contribution is 2.40. The van der Waals surface area contributed by atoms with Gasteiger partial charge in [0, 0.05) is 23.1 Å². The molecule has 2 aromatic rings. The highest BCUT2D eigenvalue weighted by molar-refractivity contribution is 7.90. The first-order valence-electron chi connectivity index (χ1n) is 7.81. The van der Waals surface area contributed by atoms with Gasteiger partial charge in [-0.25, -0.2) is 0 Å². The molecule has 0 atom stereocenters. The zero-order valence-electron chi connectivity index (χ0n) is 13.3. The lowest BCUT2D eigenvalue weighted by atomic mass is 9.83. The van der Waals surface area contributed by atoms with E-state index >= 15 is 0 Å². The van der Waals surface area contributed by atoms with Crippen LogP contribution in [0.5, 0.6) is 5.75 Å². The van der Waals surface area contributed by atoms with E-state index < -0.39 is 16.0 Å². The van der Waals surface area contributed by atoms with Crippen LogP contribution >= 0.6 is 0 Å². The summed E-state index contributed by atoms with van der Waals surface area (Å²) in [5.41, 5.74) is 1.36. The summed E-state index contributed by atoms with van der Waals surface area (Å²) < 4.78 is 33.7. The molecule has 1 aliphatic carbocycles. The number of carbonyl (C=O) groups excluding carboxylic acids is 2. The smallest absolute Gasteiger partial charge is 0.311 e. The molecule has 0 unspecified atom stereocenters. The second kappa shape index (κ2) is 5.35. The molecular formula is C18H13NO5S. The number of rotatable bonds is 3. The molecule has 0 amide bonds. The molecule has 0 bridgehead atoms. The number of nitrogens with zero attached hydrogens (tertiary/aromatic N) is 1. The van der Waals surface area contributed by atoms with Gasteiger partial charge in [-0.3, -0.25) is 9.59 Å². The Morgan fingerprint density at radius 3 is 2.56 bits per heavy atom. The van der Waals surface area contributed by atoms with Gasteiger partial charge in [0.05, 0.1) is 16.2 Å². The largest absolute Gasteiger partial charge is 0.426 e. The van der Waals surface area contributed by atoms with E-state index in [4.69, 9.17) is 4.74 Å². The summed E-state index contributed by atoms with van der Waals surface area (Å²) in [6, 6.07) is 9.27. The van der Waals surface area contributed by atoms with Crippen LogP contribution in [0.4, 0.5) is 0 Å². The van der Waals surface area contributed by atoms with Gasteiger partial charge in [0.15, 0.2) is 5.78 Å². The molecule has 0 saturated heterocycles. The number of hydrogen-bond donors (Lipinski definition) is 0. The standard InChI is InChI=1S/C18H13NO5S/c1-2-5-14(20)24-12-8-3-6-10-15(12)18(21)11-7-4-9-13-16(11)17(10)19-25(13,22)23/h3-4,6-9H,2,5H2,1H3. The van der Waals surface area contributed by atoms with Gasteiger partial charge in [0.1, 0.15) is 5.75 Å². The number of ether oxygens (including phenoxy) is 1. The van der Waals surface area contributed by atoms with Crippen molar-refractivity contribution in [2.45, 2.75) is 24.7 Å². The SMILES string of the molecule is CCCC(=O)Oc1cccc2c1C(=O)c1cccc3c1C2=NS3(=O)=O. The van der Waals surface area contributed by atoms with Crippen LogP contribution in [0.2, 0.25) is 0 Å². The number of sulfonamides is 1. The van der Waals surface area contributed by atoms with Gasteiger partial charge in [-0.2, -0.15) is 12.8 Å². The molecule has 25 heavy (non-hydrogen) atoms. The van der Waals surface area contributed by atoms with Gasteiger partial charge in [0.2, 0.25) is 0 Å². The molecule has 0 N–H and O–H groups in total. The molecule has 126 valence electrons. The molecular weight excluding hydrogens is 342 g/mol. The van der Waals surface area contributed by atoms with E-state index in [1.807, 2.05) is 6.92 Å². The predicted octanol–water partition coefficient (Wildman–Crippen LogP) is 2.48. The molecule has 6 nitrogen and oxygen atoms in total. The Balaban J connectivity index is 1.96. The van der Waals surface area contributed by atoms with Crippen molar-refractivity contribution in [3.63, 3.8) is 0 Å². The maximum atomic E-state index is 13.0. The molecule has 2 aliphatic rings. The molecule has 1 aliphatic heterocycles. The second-order valence-corrected chi connectivity index (χ2v) is 7.40. The topological polar surface area (TPSA) is 89.9 Å². The molecule has 0 aromatic heterocycles. The molecule has 2 aromatic carbocycles. The van der Waals surface area contributed by atoms with Crippen LogP contribution in [0.15, 0.2) is 45.7 Å². The summed E-state index contributed by atoms with van der Waals surface area (Å²) in [5, 5.41) is 0. The Labute approximate surface area is 144 Å². The number of esters is 1. The highest BCUT2D eigenvalue weighted by atomic mass is 32.2. The van der Waals surface area contributed by atoms with Crippen LogP contribution in [-0.2, 0) is 14.8 Å². The molecule has 0 saturated carbocycles. The Hall–Kier alpha value is -2.80.